The Morgan fingerprint density at radius 3 is 2.44 bits per heavy atom. The summed E-state index contributed by atoms with van der Waals surface area (Å²) < 4.78 is 0. The highest BCUT2D eigenvalue weighted by atomic mass is 35.5. The molecule has 1 amide bonds. The molecule has 2 rings (SSSR count). The fourth-order valence-electron chi connectivity index (χ4n) is 2.40. The third kappa shape index (κ3) is 1.85. The number of rotatable bonds is 2. The van der Waals surface area contributed by atoms with Gasteiger partial charge in [-0.05, 0) is 16.9 Å². The number of anilines is 1. The molecule has 1 aliphatic rings. The maximum atomic E-state index is 12.2. The van der Waals surface area contributed by atoms with Gasteiger partial charge in [0, 0.05) is 6.04 Å². The lowest BCUT2D eigenvalue weighted by Crippen LogP contribution is -2.30. The van der Waals surface area contributed by atoms with Gasteiger partial charge in [-0.1, -0.05) is 39.3 Å². The van der Waals surface area contributed by atoms with Crippen LogP contribution in [0.4, 0.5) is 5.69 Å². The first-order valence-corrected chi connectivity index (χ1v) is 6.27. The standard InChI is InChI=1S/C13H18ClN3O/c1-12(2)11(13(12,3)4)17-10(18)7-5-9(14)16-6-8(7)15/h5-6,11H,15H2,1-4H3,(H,17,18). The SMILES string of the molecule is CC1(C)C(NC(=O)c2cc(Cl)ncc2N)C1(C)C. The van der Waals surface area contributed by atoms with Crippen molar-refractivity contribution in [2.75, 3.05) is 5.73 Å². The summed E-state index contributed by atoms with van der Waals surface area (Å²) in [6, 6.07) is 1.64. The van der Waals surface area contributed by atoms with Crippen LogP contribution >= 0.6 is 11.6 Å². The van der Waals surface area contributed by atoms with Gasteiger partial charge in [-0.2, -0.15) is 0 Å². The Balaban J connectivity index is 2.17. The van der Waals surface area contributed by atoms with E-state index in [1.54, 1.807) is 0 Å². The van der Waals surface area contributed by atoms with E-state index in [1.807, 2.05) is 0 Å². The van der Waals surface area contributed by atoms with Crippen molar-refractivity contribution in [1.29, 1.82) is 0 Å². The molecule has 18 heavy (non-hydrogen) atoms. The number of nitrogens with one attached hydrogen (secondary N) is 1. The van der Waals surface area contributed by atoms with Gasteiger partial charge in [-0.3, -0.25) is 4.79 Å². The van der Waals surface area contributed by atoms with Gasteiger partial charge >= 0.3 is 0 Å². The molecule has 1 heterocycles. The fraction of sp³-hybridized carbons (Fsp3) is 0.538. The average molecular weight is 268 g/mol. The number of carbonyl (C=O) groups excluding carboxylic acids is 1. The first kappa shape index (κ1) is 13.1. The molecular weight excluding hydrogens is 250 g/mol. The number of hydrogen-bond donors (Lipinski definition) is 2. The summed E-state index contributed by atoms with van der Waals surface area (Å²) >= 11 is 5.78. The van der Waals surface area contributed by atoms with Crippen LogP contribution in [-0.4, -0.2) is 16.9 Å². The average Bonchev–Trinajstić information content (AvgIpc) is 2.64. The quantitative estimate of drug-likeness (QED) is 0.809. The van der Waals surface area contributed by atoms with Crippen molar-refractivity contribution in [1.82, 2.24) is 10.3 Å². The van der Waals surface area contributed by atoms with Crippen LogP contribution in [0.15, 0.2) is 12.3 Å². The molecule has 0 spiro atoms. The summed E-state index contributed by atoms with van der Waals surface area (Å²) in [5.74, 6) is -0.194. The molecule has 0 aromatic carbocycles. The number of halogens is 1. The first-order chi connectivity index (χ1) is 8.18. The normalized spacial score (nSPS) is 20.5. The molecule has 0 bridgehead atoms. The predicted octanol–water partition coefficient (Wildman–Crippen LogP) is 2.48. The summed E-state index contributed by atoms with van der Waals surface area (Å²) in [6.07, 6.45) is 1.40. The van der Waals surface area contributed by atoms with Crippen LogP contribution in [0.2, 0.25) is 5.15 Å². The molecule has 1 aromatic rings. The highest BCUT2D eigenvalue weighted by molar-refractivity contribution is 6.29. The van der Waals surface area contributed by atoms with E-state index in [-0.39, 0.29) is 27.9 Å². The summed E-state index contributed by atoms with van der Waals surface area (Å²) in [5.41, 5.74) is 6.65. The number of amides is 1. The van der Waals surface area contributed by atoms with Gasteiger partial charge in [-0.15, -0.1) is 0 Å². The lowest BCUT2D eigenvalue weighted by Gasteiger charge is -2.09. The zero-order chi connectivity index (χ0) is 13.7. The van der Waals surface area contributed by atoms with Crippen LogP contribution in [0.1, 0.15) is 38.1 Å². The lowest BCUT2D eigenvalue weighted by molar-refractivity contribution is 0.0944. The Hall–Kier alpha value is -1.29. The van der Waals surface area contributed by atoms with Crippen LogP contribution in [0, 0.1) is 10.8 Å². The molecule has 3 N–H and O–H groups in total. The van der Waals surface area contributed by atoms with Crippen LogP contribution in [0.25, 0.3) is 0 Å². The van der Waals surface area contributed by atoms with E-state index in [2.05, 4.69) is 38.0 Å². The Bertz CT molecular complexity index is 497. The lowest BCUT2D eigenvalue weighted by atomic mass is 10.0. The van der Waals surface area contributed by atoms with E-state index in [0.29, 0.717) is 11.3 Å². The van der Waals surface area contributed by atoms with Gasteiger partial charge in [0.15, 0.2) is 0 Å². The van der Waals surface area contributed by atoms with Crippen LogP contribution in [0.3, 0.4) is 0 Å². The van der Waals surface area contributed by atoms with Crippen molar-refractivity contribution in [3.05, 3.63) is 23.0 Å². The molecule has 0 unspecified atom stereocenters. The van der Waals surface area contributed by atoms with Crippen molar-refractivity contribution >= 4 is 23.2 Å². The zero-order valence-corrected chi connectivity index (χ0v) is 11.8. The van der Waals surface area contributed by atoms with Gasteiger partial charge in [0.05, 0.1) is 17.4 Å². The predicted molar refractivity (Wildman–Crippen MR) is 72.5 cm³/mol. The van der Waals surface area contributed by atoms with E-state index in [4.69, 9.17) is 17.3 Å². The number of nitrogens with two attached hydrogens (primary N) is 1. The van der Waals surface area contributed by atoms with Crippen molar-refractivity contribution in [2.24, 2.45) is 10.8 Å². The smallest absolute Gasteiger partial charge is 0.253 e. The summed E-state index contributed by atoms with van der Waals surface area (Å²) in [7, 11) is 0. The zero-order valence-electron chi connectivity index (χ0n) is 11.0. The molecule has 1 aliphatic carbocycles. The molecule has 0 aliphatic heterocycles. The Kier molecular flexibility index (Phi) is 2.81. The van der Waals surface area contributed by atoms with E-state index in [0.717, 1.165) is 0 Å². The molecule has 1 aromatic heterocycles. The second kappa shape index (κ2) is 3.85. The Morgan fingerprint density at radius 2 is 1.94 bits per heavy atom. The summed E-state index contributed by atoms with van der Waals surface area (Å²) in [5, 5.41) is 3.28. The topological polar surface area (TPSA) is 68.0 Å². The van der Waals surface area contributed by atoms with Crippen molar-refractivity contribution in [3.8, 4) is 0 Å². The first-order valence-electron chi connectivity index (χ1n) is 5.90. The van der Waals surface area contributed by atoms with Crippen LogP contribution in [0.5, 0.6) is 0 Å². The van der Waals surface area contributed by atoms with E-state index in [1.165, 1.54) is 12.3 Å². The fourth-order valence-corrected chi connectivity index (χ4v) is 2.56. The number of pyridine rings is 1. The number of hydrogen-bond acceptors (Lipinski definition) is 3. The second-order valence-corrected chi connectivity index (χ2v) is 6.33. The number of aromatic nitrogens is 1. The van der Waals surface area contributed by atoms with Gasteiger partial charge in [0.25, 0.3) is 5.91 Å². The maximum absolute atomic E-state index is 12.2. The number of carbonyl (C=O) groups is 1. The van der Waals surface area contributed by atoms with E-state index < -0.39 is 0 Å². The molecule has 0 saturated heterocycles. The highest BCUT2D eigenvalue weighted by Gasteiger charge is 2.65. The summed E-state index contributed by atoms with van der Waals surface area (Å²) in [4.78, 5) is 16.0. The molecule has 5 heteroatoms. The number of nitrogens with zero attached hydrogens (tertiary/aromatic N) is 1. The van der Waals surface area contributed by atoms with Crippen LogP contribution < -0.4 is 11.1 Å². The van der Waals surface area contributed by atoms with Crippen LogP contribution in [-0.2, 0) is 0 Å². The van der Waals surface area contributed by atoms with Gasteiger partial charge in [0.2, 0.25) is 0 Å². The third-order valence-corrected chi connectivity index (χ3v) is 4.65. The maximum Gasteiger partial charge on any atom is 0.253 e. The Morgan fingerprint density at radius 1 is 1.39 bits per heavy atom. The molecule has 4 nitrogen and oxygen atoms in total. The minimum Gasteiger partial charge on any atom is -0.397 e. The monoisotopic (exact) mass is 267 g/mol. The van der Waals surface area contributed by atoms with Gasteiger partial charge in [-0.25, -0.2) is 4.98 Å². The molecule has 0 atom stereocenters. The Labute approximate surface area is 112 Å². The molecule has 98 valence electrons. The summed E-state index contributed by atoms with van der Waals surface area (Å²) in [6.45, 7) is 8.56. The van der Waals surface area contributed by atoms with E-state index >= 15 is 0 Å². The van der Waals surface area contributed by atoms with Gasteiger partial charge < -0.3 is 11.1 Å². The minimum absolute atomic E-state index is 0.0915. The second-order valence-electron chi connectivity index (χ2n) is 5.94. The van der Waals surface area contributed by atoms with E-state index in [9.17, 15) is 4.79 Å². The molecular formula is C13H18ClN3O. The van der Waals surface area contributed by atoms with Crippen molar-refractivity contribution < 1.29 is 4.79 Å². The molecule has 1 fully saturated rings. The molecule has 1 saturated carbocycles. The third-order valence-electron chi connectivity index (χ3n) is 4.44. The van der Waals surface area contributed by atoms with Gasteiger partial charge in [0.1, 0.15) is 5.15 Å². The minimum atomic E-state index is -0.194. The molecule has 0 radical (unpaired) electrons. The number of nitrogen functional groups attached to an aromatic ring is 1. The highest BCUT2D eigenvalue weighted by Crippen LogP contribution is 2.62. The van der Waals surface area contributed by atoms with Crippen molar-refractivity contribution in [3.63, 3.8) is 0 Å². The van der Waals surface area contributed by atoms with Crippen molar-refractivity contribution in [2.45, 2.75) is 33.7 Å². The largest absolute Gasteiger partial charge is 0.397 e.